The smallest absolute Gasteiger partial charge is 0.261 e. The normalized spacial score (nSPS) is 16.2. The minimum atomic E-state index is -4.02. The lowest BCUT2D eigenvalue weighted by molar-refractivity contribution is 0.0730. The van der Waals surface area contributed by atoms with Crippen LogP contribution in [0.15, 0.2) is 17.0 Å². The zero-order valence-electron chi connectivity index (χ0n) is 11.9. The molecule has 2 rings (SSSR count). The molecule has 1 fully saturated rings. The molecular formula is C14H17ClFNO3S. The van der Waals surface area contributed by atoms with Crippen LogP contribution in [-0.4, -0.2) is 32.3 Å². The summed E-state index contributed by atoms with van der Waals surface area (Å²) in [6.45, 7) is 1.44. The summed E-state index contributed by atoms with van der Waals surface area (Å²) in [5.41, 5.74) is -0.0724. The van der Waals surface area contributed by atoms with Crippen LogP contribution in [0.1, 0.15) is 41.6 Å². The third kappa shape index (κ3) is 3.37. The van der Waals surface area contributed by atoms with E-state index in [0.717, 1.165) is 37.8 Å². The molecule has 0 atom stereocenters. The number of rotatable bonds is 3. The van der Waals surface area contributed by atoms with Crippen molar-refractivity contribution in [3.63, 3.8) is 0 Å². The lowest BCUT2D eigenvalue weighted by Gasteiger charge is -2.24. The molecule has 1 amide bonds. The largest absolute Gasteiger partial charge is 0.339 e. The van der Waals surface area contributed by atoms with Gasteiger partial charge in [0.1, 0.15) is 5.82 Å². The van der Waals surface area contributed by atoms with Gasteiger partial charge in [0.2, 0.25) is 0 Å². The first kappa shape index (κ1) is 16.2. The Hall–Kier alpha value is -1.14. The highest BCUT2D eigenvalue weighted by Crippen LogP contribution is 2.27. The van der Waals surface area contributed by atoms with E-state index in [1.807, 2.05) is 0 Å². The van der Waals surface area contributed by atoms with Crippen LogP contribution in [0.5, 0.6) is 0 Å². The molecular weight excluding hydrogens is 317 g/mol. The molecule has 1 aliphatic carbocycles. The van der Waals surface area contributed by atoms with Crippen LogP contribution < -0.4 is 0 Å². The Morgan fingerprint density at radius 2 is 1.90 bits per heavy atom. The first-order chi connectivity index (χ1) is 9.71. The summed E-state index contributed by atoms with van der Waals surface area (Å²) in [6, 6.07) is 2.14. The van der Waals surface area contributed by atoms with Crippen molar-refractivity contribution in [1.29, 1.82) is 0 Å². The second-order valence-corrected chi connectivity index (χ2v) is 7.92. The van der Waals surface area contributed by atoms with Crippen molar-refractivity contribution in [2.24, 2.45) is 0 Å². The lowest BCUT2D eigenvalue weighted by Crippen LogP contribution is -2.35. The molecule has 0 spiro atoms. The summed E-state index contributed by atoms with van der Waals surface area (Å²) < 4.78 is 37.0. The summed E-state index contributed by atoms with van der Waals surface area (Å²) in [6.07, 6.45) is 3.85. The van der Waals surface area contributed by atoms with Crippen molar-refractivity contribution >= 4 is 25.6 Å². The van der Waals surface area contributed by atoms with Crippen LogP contribution >= 0.6 is 10.7 Å². The molecule has 7 heteroatoms. The molecule has 1 aromatic carbocycles. The standard InChI is InChI=1S/C14H17ClFNO3S/c1-9-7-12(16)11(8-13(9)21(15,19)20)14(18)17(2)10-5-3-4-6-10/h7-8,10H,3-6H2,1-2H3. The molecule has 21 heavy (non-hydrogen) atoms. The quantitative estimate of drug-likeness (QED) is 0.799. The Kier molecular flexibility index (Phi) is 4.58. The summed E-state index contributed by atoms with van der Waals surface area (Å²) in [5.74, 6) is -1.24. The van der Waals surface area contributed by atoms with Crippen molar-refractivity contribution in [3.05, 3.63) is 29.1 Å². The lowest BCUT2D eigenvalue weighted by atomic mass is 10.1. The number of halogens is 2. The monoisotopic (exact) mass is 333 g/mol. The highest BCUT2D eigenvalue weighted by atomic mass is 35.7. The number of amides is 1. The van der Waals surface area contributed by atoms with Crippen molar-refractivity contribution in [3.8, 4) is 0 Å². The molecule has 0 saturated heterocycles. The van der Waals surface area contributed by atoms with Gasteiger partial charge < -0.3 is 4.90 Å². The molecule has 0 bridgehead atoms. The van der Waals surface area contributed by atoms with Gasteiger partial charge in [-0.05, 0) is 37.5 Å². The van der Waals surface area contributed by atoms with Gasteiger partial charge in [-0.25, -0.2) is 12.8 Å². The molecule has 0 N–H and O–H groups in total. The zero-order valence-corrected chi connectivity index (χ0v) is 13.5. The Balaban J connectivity index is 2.41. The molecule has 1 saturated carbocycles. The topological polar surface area (TPSA) is 54.5 Å². The molecule has 0 radical (unpaired) electrons. The predicted molar refractivity (Wildman–Crippen MR) is 78.5 cm³/mol. The van der Waals surface area contributed by atoms with Crippen LogP contribution in [0, 0.1) is 12.7 Å². The van der Waals surface area contributed by atoms with Crippen molar-refractivity contribution in [2.45, 2.75) is 43.5 Å². The van der Waals surface area contributed by atoms with Crippen LogP contribution in [0.2, 0.25) is 0 Å². The number of carbonyl (C=O) groups is 1. The maximum Gasteiger partial charge on any atom is 0.261 e. The fourth-order valence-electron chi connectivity index (χ4n) is 2.73. The van der Waals surface area contributed by atoms with E-state index >= 15 is 0 Å². The first-order valence-corrected chi connectivity index (χ1v) is 9.04. The summed E-state index contributed by atoms with van der Waals surface area (Å²) >= 11 is 0. The van der Waals surface area contributed by atoms with E-state index in [9.17, 15) is 17.6 Å². The second-order valence-electron chi connectivity index (χ2n) is 5.39. The van der Waals surface area contributed by atoms with Crippen LogP contribution in [-0.2, 0) is 9.05 Å². The summed E-state index contributed by atoms with van der Waals surface area (Å²) in [5, 5.41) is 0. The zero-order chi connectivity index (χ0) is 15.8. The Morgan fingerprint density at radius 1 is 1.33 bits per heavy atom. The number of nitrogens with zero attached hydrogens (tertiary/aromatic N) is 1. The number of benzene rings is 1. The minimum Gasteiger partial charge on any atom is -0.339 e. The molecule has 0 aliphatic heterocycles. The van der Waals surface area contributed by atoms with Crippen molar-refractivity contribution in [2.75, 3.05) is 7.05 Å². The molecule has 0 aromatic heterocycles. The highest BCUT2D eigenvalue weighted by molar-refractivity contribution is 8.13. The number of hydrogen-bond acceptors (Lipinski definition) is 3. The van der Waals surface area contributed by atoms with E-state index in [2.05, 4.69) is 0 Å². The van der Waals surface area contributed by atoms with E-state index in [4.69, 9.17) is 10.7 Å². The maximum atomic E-state index is 14.0. The van der Waals surface area contributed by atoms with Gasteiger partial charge in [-0.2, -0.15) is 0 Å². The van der Waals surface area contributed by atoms with Gasteiger partial charge in [-0.15, -0.1) is 0 Å². The predicted octanol–water partition coefficient (Wildman–Crippen LogP) is 3.08. The second kappa shape index (κ2) is 5.93. The SMILES string of the molecule is Cc1cc(F)c(C(=O)N(C)C2CCCC2)cc1S(=O)(=O)Cl. The summed E-state index contributed by atoms with van der Waals surface area (Å²) in [7, 11) is 2.93. The van der Waals surface area contributed by atoms with Crippen LogP contribution in [0.3, 0.4) is 0 Å². The molecule has 116 valence electrons. The van der Waals surface area contributed by atoms with Crippen LogP contribution in [0.25, 0.3) is 0 Å². The number of aryl methyl sites for hydroxylation is 1. The van der Waals surface area contributed by atoms with Crippen LogP contribution in [0.4, 0.5) is 4.39 Å². The van der Waals surface area contributed by atoms with Gasteiger partial charge in [-0.1, -0.05) is 12.8 Å². The average Bonchev–Trinajstić information content (AvgIpc) is 2.89. The van der Waals surface area contributed by atoms with E-state index in [1.165, 1.54) is 11.8 Å². The molecule has 4 nitrogen and oxygen atoms in total. The van der Waals surface area contributed by atoms with E-state index < -0.39 is 20.8 Å². The molecule has 1 aliphatic rings. The van der Waals surface area contributed by atoms with Crippen molar-refractivity contribution < 1.29 is 17.6 Å². The minimum absolute atomic E-state index is 0.0780. The Bertz CT molecular complexity index is 669. The van der Waals surface area contributed by atoms with Gasteiger partial charge in [0.05, 0.1) is 10.5 Å². The van der Waals surface area contributed by atoms with E-state index in [-0.39, 0.29) is 22.1 Å². The fourth-order valence-corrected chi connectivity index (χ4v) is 3.93. The van der Waals surface area contributed by atoms with Gasteiger partial charge in [0.25, 0.3) is 15.0 Å². The molecule has 1 aromatic rings. The van der Waals surface area contributed by atoms with E-state index in [1.54, 1.807) is 7.05 Å². The van der Waals surface area contributed by atoms with E-state index in [0.29, 0.717) is 0 Å². The van der Waals surface area contributed by atoms with Gasteiger partial charge in [0, 0.05) is 23.8 Å². The Labute approximate surface area is 128 Å². The molecule has 0 unspecified atom stereocenters. The average molecular weight is 334 g/mol. The van der Waals surface area contributed by atoms with Gasteiger partial charge in [0.15, 0.2) is 0 Å². The Morgan fingerprint density at radius 3 is 2.43 bits per heavy atom. The highest BCUT2D eigenvalue weighted by Gasteiger charge is 2.27. The number of hydrogen-bond donors (Lipinski definition) is 0. The fraction of sp³-hybridized carbons (Fsp3) is 0.500. The first-order valence-electron chi connectivity index (χ1n) is 6.74. The van der Waals surface area contributed by atoms with Crippen molar-refractivity contribution in [1.82, 2.24) is 4.90 Å². The third-order valence-corrected chi connectivity index (χ3v) is 5.41. The van der Waals surface area contributed by atoms with Gasteiger partial charge >= 0.3 is 0 Å². The van der Waals surface area contributed by atoms with Gasteiger partial charge in [-0.3, -0.25) is 4.79 Å². The maximum absolute atomic E-state index is 14.0. The molecule has 0 heterocycles. The number of carbonyl (C=O) groups excluding carboxylic acids is 1. The summed E-state index contributed by atoms with van der Waals surface area (Å²) in [4.78, 5) is 13.7. The third-order valence-electron chi connectivity index (χ3n) is 3.95.